The second kappa shape index (κ2) is 5.39. The lowest BCUT2D eigenvalue weighted by molar-refractivity contribution is -0.122. The van der Waals surface area contributed by atoms with Crippen molar-refractivity contribution in [3.8, 4) is 0 Å². The van der Waals surface area contributed by atoms with E-state index in [1.165, 1.54) is 12.8 Å². The number of fused-ring (bicyclic) bond motifs is 1. The Kier molecular flexibility index (Phi) is 3.60. The molecule has 0 saturated heterocycles. The van der Waals surface area contributed by atoms with Gasteiger partial charge in [-0.15, -0.1) is 0 Å². The summed E-state index contributed by atoms with van der Waals surface area (Å²) in [7, 11) is 0. The summed E-state index contributed by atoms with van der Waals surface area (Å²) in [5.41, 5.74) is 2.15. The number of carbonyl (C=O) groups excluding carboxylic acids is 1. The van der Waals surface area contributed by atoms with Crippen LogP contribution in [0.2, 0.25) is 0 Å². The molecule has 3 rings (SSSR count). The van der Waals surface area contributed by atoms with E-state index in [0.29, 0.717) is 18.1 Å². The van der Waals surface area contributed by atoms with Crippen molar-refractivity contribution in [2.24, 2.45) is 11.8 Å². The molecule has 1 aliphatic carbocycles. The molecule has 1 unspecified atom stereocenters. The summed E-state index contributed by atoms with van der Waals surface area (Å²) in [6.07, 6.45) is 3.97. The van der Waals surface area contributed by atoms with Gasteiger partial charge in [0.15, 0.2) is 0 Å². The molecule has 106 valence electrons. The van der Waals surface area contributed by atoms with E-state index in [0.717, 1.165) is 29.8 Å². The number of carbonyl (C=O) groups is 1. The number of aromatic nitrogens is 2. The summed E-state index contributed by atoms with van der Waals surface area (Å²) in [6, 6.07) is 8.16. The Hall–Kier alpha value is -1.64. The number of Topliss-reactive ketones (excluding diaryl/α,β-unsaturated/α-hetero) is 1. The van der Waals surface area contributed by atoms with Crippen LogP contribution in [-0.4, -0.2) is 15.3 Å². The molecule has 1 saturated carbocycles. The maximum absolute atomic E-state index is 12.4. The molecule has 1 aliphatic rings. The van der Waals surface area contributed by atoms with Crippen molar-refractivity contribution in [2.75, 3.05) is 0 Å². The fourth-order valence-corrected chi connectivity index (χ4v) is 2.91. The molecule has 1 aromatic heterocycles. The highest BCUT2D eigenvalue weighted by Crippen LogP contribution is 2.37. The minimum atomic E-state index is 0.199. The number of nitrogens with zero attached hydrogens (tertiary/aromatic N) is 2. The third-order valence-electron chi connectivity index (χ3n) is 4.35. The van der Waals surface area contributed by atoms with Crippen molar-refractivity contribution in [1.29, 1.82) is 0 Å². The zero-order valence-corrected chi connectivity index (χ0v) is 12.3. The number of benzene rings is 1. The monoisotopic (exact) mass is 270 g/mol. The lowest BCUT2D eigenvalue weighted by Crippen LogP contribution is -2.18. The molecule has 1 atom stereocenters. The number of aryl methyl sites for hydroxylation is 1. The van der Waals surface area contributed by atoms with Gasteiger partial charge in [0, 0.05) is 12.5 Å². The molecule has 0 spiro atoms. The minimum Gasteiger partial charge on any atom is -0.328 e. The van der Waals surface area contributed by atoms with Crippen molar-refractivity contribution < 1.29 is 4.79 Å². The molecule has 0 bridgehead atoms. The highest BCUT2D eigenvalue weighted by molar-refractivity contribution is 5.84. The number of imidazole rings is 1. The average Bonchev–Trinajstić information content (AvgIpc) is 3.24. The third-order valence-corrected chi connectivity index (χ3v) is 4.35. The van der Waals surface area contributed by atoms with E-state index in [-0.39, 0.29) is 5.92 Å². The largest absolute Gasteiger partial charge is 0.328 e. The van der Waals surface area contributed by atoms with E-state index in [1.54, 1.807) is 0 Å². The van der Waals surface area contributed by atoms with Gasteiger partial charge in [-0.3, -0.25) is 4.79 Å². The van der Waals surface area contributed by atoms with Crippen LogP contribution in [0.4, 0.5) is 0 Å². The second-order valence-corrected chi connectivity index (χ2v) is 5.94. The van der Waals surface area contributed by atoms with Crippen molar-refractivity contribution in [2.45, 2.75) is 46.1 Å². The van der Waals surface area contributed by atoms with E-state index in [2.05, 4.69) is 29.5 Å². The van der Waals surface area contributed by atoms with Gasteiger partial charge in [-0.05, 0) is 37.3 Å². The van der Waals surface area contributed by atoms with Gasteiger partial charge >= 0.3 is 0 Å². The molecule has 2 aromatic rings. The minimum absolute atomic E-state index is 0.199. The predicted octanol–water partition coefficient (Wildman–Crippen LogP) is 3.60. The van der Waals surface area contributed by atoms with Crippen LogP contribution in [0, 0.1) is 11.8 Å². The summed E-state index contributed by atoms with van der Waals surface area (Å²) in [5.74, 6) is 2.11. The molecule has 1 heterocycles. The van der Waals surface area contributed by atoms with Crippen molar-refractivity contribution in [1.82, 2.24) is 9.55 Å². The lowest BCUT2D eigenvalue weighted by Gasteiger charge is -2.10. The SMILES string of the molecule is CCCn1c(CC(=O)C(C)C2CC2)nc2ccccc21. The van der Waals surface area contributed by atoms with E-state index in [1.807, 2.05) is 18.2 Å². The first kappa shape index (κ1) is 13.3. The zero-order valence-electron chi connectivity index (χ0n) is 12.3. The molecule has 3 heteroatoms. The van der Waals surface area contributed by atoms with Crippen LogP contribution in [-0.2, 0) is 17.8 Å². The van der Waals surface area contributed by atoms with Crippen LogP contribution in [0.1, 0.15) is 38.9 Å². The topological polar surface area (TPSA) is 34.9 Å². The van der Waals surface area contributed by atoms with Crippen LogP contribution < -0.4 is 0 Å². The Balaban J connectivity index is 1.89. The van der Waals surface area contributed by atoms with Crippen molar-refractivity contribution in [3.05, 3.63) is 30.1 Å². The Morgan fingerprint density at radius 2 is 2.15 bits per heavy atom. The Morgan fingerprint density at radius 1 is 1.40 bits per heavy atom. The Morgan fingerprint density at radius 3 is 2.85 bits per heavy atom. The van der Waals surface area contributed by atoms with Gasteiger partial charge in [0.05, 0.1) is 17.5 Å². The third kappa shape index (κ3) is 2.49. The van der Waals surface area contributed by atoms with E-state index >= 15 is 0 Å². The second-order valence-electron chi connectivity index (χ2n) is 5.94. The molecular formula is C17H22N2O. The number of hydrogen-bond donors (Lipinski definition) is 0. The van der Waals surface area contributed by atoms with E-state index in [9.17, 15) is 4.79 Å². The summed E-state index contributed by atoms with van der Waals surface area (Å²) < 4.78 is 2.22. The first-order chi connectivity index (χ1) is 9.70. The first-order valence-corrected chi connectivity index (χ1v) is 7.67. The molecule has 3 nitrogen and oxygen atoms in total. The molecule has 0 aliphatic heterocycles. The van der Waals surface area contributed by atoms with Crippen LogP contribution in [0.3, 0.4) is 0 Å². The Bertz CT molecular complexity index is 625. The summed E-state index contributed by atoms with van der Waals surface area (Å²) in [5, 5.41) is 0. The first-order valence-electron chi connectivity index (χ1n) is 7.67. The maximum Gasteiger partial charge on any atom is 0.143 e. The number of hydrogen-bond acceptors (Lipinski definition) is 2. The molecule has 20 heavy (non-hydrogen) atoms. The molecule has 0 N–H and O–H groups in total. The van der Waals surface area contributed by atoms with Crippen LogP contribution >= 0.6 is 0 Å². The van der Waals surface area contributed by atoms with Crippen molar-refractivity contribution >= 4 is 16.8 Å². The van der Waals surface area contributed by atoms with Crippen LogP contribution in [0.15, 0.2) is 24.3 Å². The molecular weight excluding hydrogens is 248 g/mol. The van der Waals surface area contributed by atoms with Crippen LogP contribution in [0.5, 0.6) is 0 Å². The summed E-state index contributed by atoms with van der Waals surface area (Å²) in [4.78, 5) is 17.0. The zero-order chi connectivity index (χ0) is 14.1. The summed E-state index contributed by atoms with van der Waals surface area (Å²) >= 11 is 0. The van der Waals surface area contributed by atoms with Gasteiger partial charge in [0.25, 0.3) is 0 Å². The molecule has 1 fully saturated rings. The average molecular weight is 270 g/mol. The smallest absolute Gasteiger partial charge is 0.143 e. The van der Waals surface area contributed by atoms with Gasteiger partial charge in [0.1, 0.15) is 11.6 Å². The summed E-state index contributed by atoms with van der Waals surface area (Å²) in [6.45, 7) is 5.17. The predicted molar refractivity (Wildman–Crippen MR) is 80.6 cm³/mol. The van der Waals surface area contributed by atoms with Gasteiger partial charge in [-0.1, -0.05) is 26.0 Å². The lowest BCUT2D eigenvalue weighted by atomic mass is 9.98. The van der Waals surface area contributed by atoms with Gasteiger partial charge in [0.2, 0.25) is 0 Å². The molecule has 0 amide bonds. The highest BCUT2D eigenvalue weighted by Gasteiger charge is 2.32. The van der Waals surface area contributed by atoms with E-state index < -0.39 is 0 Å². The quantitative estimate of drug-likeness (QED) is 0.803. The number of para-hydroxylation sites is 2. The number of rotatable bonds is 6. The van der Waals surface area contributed by atoms with E-state index in [4.69, 9.17) is 0 Å². The Labute approximate surface area is 120 Å². The van der Waals surface area contributed by atoms with Gasteiger partial charge in [-0.25, -0.2) is 4.98 Å². The van der Waals surface area contributed by atoms with Crippen molar-refractivity contribution in [3.63, 3.8) is 0 Å². The highest BCUT2D eigenvalue weighted by atomic mass is 16.1. The standard InChI is InChI=1S/C17H22N2O/c1-3-10-19-15-7-5-4-6-14(15)18-17(19)11-16(20)12(2)13-8-9-13/h4-7,12-13H,3,8-11H2,1-2H3. The fourth-order valence-electron chi connectivity index (χ4n) is 2.91. The molecule has 0 radical (unpaired) electrons. The maximum atomic E-state index is 12.4. The fraction of sp³-hybridized carbons (Fsp3) is 0.529. The number of ketones is 1. The van der Waals surface area contributed by atoms with Gasteiger partial charge < -0.3 is 4.57 Å². The van der Waals surface area contributed by atoms with Gasteiger partial charge in [-0.2, -0.15) is 0 Å². The normalized spacial score (nSPS) is 16.5. The molecule has 1 aromatic carbocycles. The van der Waals surface area contributed by atoms with Crippen LogP contribution in [0.25, 0.3) is 11.0 Å².